The maximum Gasteiger partial charge on any atom is 0.416 e. The second kappa shape index (κ2) is 9.70. The Balaban J connectivity index is 1.38. The predicted molar refractivity (Wildman–Crippen MR) is 118 cm³/mol. The van der Waals surface area contributed by atoms with Crippen LogP contribution in [0.3, 0.4) is 0 Å². The molecule has 0 aliphatic carbocycles. The van der Waals surface area contributed by atoms with Gasteiger partial charge in [-0.25, -0.2) is 0 Å². The molecule has 1 aromatic heterocycles. The molecule has 1 amide bonds. The topological polar surface area (TPSA) is 71.3 Å². The monoisotopic (exact) mass is 498 g/mol. The number of rotatable bonds is 5. The minimum absolute atomic E-state index is 0.119. The molecular formula is C22H19Cl2F3N4O2. The summed E-state index contributed by atoms with van der Waals surface area (Å²) < 4.78 is 44.1. The molecule has 1 fully saturated rings. The van der Waals surface area contributed by atoms with E-state index in [1.807, 2.05) is 4.90 Å². The molecule has 4 rings (SSSR count). The summed E-state index contributed by atoms with van der Waals surface area (Å²) >= 11 is 12.1. The summed E-state index contributed by atoms with van der Waals surface area (Å²) in [7, 11) is 0. The van der Waals surface area contributed by atoms with Crippen LogP contribution in [0, 0.1) is 5.92 Å². The third-order valence-electron chi connectivity index (χ3n) is 5.33. The molecule has 0 radical (unpaired) electrons. The van der Waals surface area contributed by atoms with Gasteiger partial charge in [-0.3, -0.25) is 9.69 Å². The number of nitrogens with one attached hydrogen (secondary N) is 1. The number of amides is 1. The van der Waals surface area contributed by atoms with Gasteiger partial charge in [-0.2, -0.15) is 18.2 Å². The predicted octanol–water partition coefficient (Wildman–Crippen LogP) is 5.91. The van der Waals surface area contributed by atoms with Crippen molar-refractivity contribution in [3.05, 3.63) is 64.0 Å². The third-order valence-corrected chi connectivity index (χ3v) is 5.88. The van der Waals surface area contributed by atoms with Crippen molar-refractivity contribution in [1.82, 2.24) is 15.0 Å². The first-order valence-corrected chi connectivity index (χ1v) is 10.9. The summed E-state index contributed by atoms with van der Waals surface area (Å²) in [6.07, 6.45) is -3.08. The van der Waals surface area contributed by atoms with Gasteiger partial charge in [0.15, 0.2) is 0 Å². The molecule has 33 heavy (non-hydrogen) atoms. The highest BCUT2D eigenvalue weighted by Gasteiger charge is 2.31. The maximum atomic E-state index is 12.9. The minimum Gasteiger partial charge on any atom is -0.338 e. The first-order chi connectivity index (χ1) is 15.7. The van der Waals surface area contributed by atoms with E-state index >= 15 is 0 Å². The van der Waals surface area contributed by atoms with Crippen molar-refractivity contribution in [2.24, 2.45) is 5.92 Å². The van der Waals surface area contributed by atoms with Gasteiger partial charge in [-0.1, -0.05) is 34.4 Å². The number of benzene rings is 2. The molecule has 1 N–H and O–H groups in total. The van der Waals surface area contributed by atoms with E-state index in [9.17, 15) is 18.0 Å². The van der Waals surface area contributed by atoms with Crippen LogP contribution in [0.5, 0.6) is 0 Å². The first-order valence-electron chi connectivity index (χ1n) is 10.2. The normalized spacial score (nSPS) is 17.2. The van der Waals surface area contributed by atoms with Crippen molar-refractivity contribution in [1.29, 1.82) is 0 Å². The summed E-state index contributed by atoms with van der Waals surface area (Å²) in [6, 6.07) is 9.58. The summed E-state index contributed by atoms with van der Waals surface area (Å²) in [4.78, 5) is 19.1. The van der Waals surface area contributed by atoms with E-state index in [-0.39, 0.29) is 17.5 Å². The van der Waals surface area contributed by atoms with Crippen molar-refractivity contribution < 1.29 is 22.5 Å². The second-order valence-electron chi connectivity index (χ2n) is 7.78. The number of halogens is 5. The quantitative estimate of drug-likeness (QED) is 0.473. The first kappa shape index (κ1) is 23.5. The average Bonchev–Trinajstić information content (AvgIpc) is 3.21. The maximum absolute atomic E-state index is 12.9. The number of piperidine rings is 1. The molecule has 0 saturated carbocycles. The fraction of sp³-hybridized carbons (Fsp3) is 0.318. The van der Waals surface area contributed by atoms with Gasteiger partial charge in [-0.05, 0) is 55.8 Å². The number of anilines is 1. The number of aromatic nitrogens is 2. The molecule has 1 unspecified atom stereocenters. The summed E-state index contributed by atoms with van der Waals surface area (Å²) in [5.74, 6) is 0.0112. The molecule has 174 valence electrons. The number of hydrogen-bond acceptors (Lipinski definition) is 5. The fourth-order valence-corrected chi connectivity index (χ4v) is 4.21. The number of likely N-dealkylation sites (tertiary alicyclic amines) is 1. The fourth-order valence-electron chi connectivity index (χ4n) is 3.72. The number of nitrogens with zero attached hydrogens (tertiary/aromatic N) is 3. The Morgan fingerprint density at radius 3 is 2.79 bits per heavy atom. The SMILES string of the molecule is O=C(Nc1cccc(C(F)(F)F)c1)C1CCCN(Cc2nc(-c3ccc(Cl)cc3Cl)no2)C1. The molecule has 1 saturated heterocycles. The molecule has 1 atom stereocenters. The van der Waals surface area contributed by atoms with Crippen LogP contribution in [0.4, 0.5) is 18.9 Å². The highest BCUT2D eigenvalue weighted by molar-refractivity contribution is 6.36. The lowest BCUT2D eigenvalue weighted by atomic mass is 9.97. The Morgan fingerprint density at radius 2 is 2.03 bits per heavy atom. The van der Waals surface area contributed by atoms with Crippen LogP contribution in [-0.4, -0.2) is 34.0 Å². The molecule has 3 aromatic rings. The van der Waals surface area contributed by atoms with Crippen molar-refractivity contribution in [2.75, 3.05) is 18.4 Å². The number of hydrogen-bond donors (Lipinski definition) is 1. The molecular weight excluding hydrogens is 480 g/mol. The van der Waals surface area contributed by atoms with Gasteiger partial charge >= 0.3 is 6.18 Å². The van der Waals surface area contributed by atoms with Gasteiger partial charge in [0.25, 0.3) is 0 Å². The molecule has 2 aromatic carbocycles. The Morgan fingerprint density at radius 1 is 1.21 bits per heavy atom. The molecule has 6 nitrogen and oxygen atoms in total. The van der Waals surface area contributed by atoms with E-state index in [0.717, 1.165) is 25.1 Å². The van der Waals surface area contributed by atoms with E-state index in [0.29, 0.717) is 46.8 Å². The van der Waals surface area contributed by atoms with Crippen molar-refractivity contribution in [3.63, 3.8) is 0 Å². The lowest BCUT2D eigenvalue weighted by Gasteiger charge is -2.30. The zero-order valence-electron chi connectivity index (χ0n) is 17.2. The molecule has 0 spiro atoms. The number of carbonyl (C=O) groups excluding carboxylic acids is 1. The number of alkyl halides is 3. The van der Waals surface area contributed by atoms with E-state index in [1.54, 1.807) is 18.2 Å². The Bertz CT molecular complexity index is 1150. The second-order valence-corrected chi connectivity index (χ2v) is 8.62. The van der Waals surface area contributed by atoms with Gasteiger partial charge in [0, 0.05) is 22.8 Å². The Kier molecular flexibility index (Phi) is 6.92. The standard InChI is InChI=1S/C22H19Cl2F3N4O2/c23-15-6-7-17(18(24)10-15)20-29-19(33-30-20)12-31-8-2-3-13(11-31)21(32)28-16-5-1-4-14(9-16)22(25,26)27/h1,4-7,9-10,13H,2-3,8,11-12H2,(H,28,32). The molecule has 11 heteroatoms. The van der Waals surface area contributed by atoms with Gasteiger partial charge in [0.1, 0.15) is 0 Å². The highest BCUT2D eigenvalue weighted by atomic mass is 35.5. The Hall–Kier alpha value is -2.62. The van der Waals surface area contributed by atoms with Gasteiger partial charge in [-0.15, -0.1) is 0 Å². The van der Waals surface area contributed by atoms with Crippen LogP contribution >= 0.6 is 23.2 Å². The minimum atomic E-state index is -4.47. The zero-order chi connectivity index (χ0) is 23.6. The average molecular weight is 499 g/mol. The van der Waals surface area contributed by atoms with Crippen LogP contribution in [0.1, 0.15) is 24.3 Å². The molecule has 0 bridgehead atoms. The lowest BCUT2D eigenvalue weighted by molar-refractivity contribution is -0.137. The smallest absolute Gasteiger partial charge is 0.338 e. The van der Waals surface area contributed by atoms with E-state index in [4.69, 9.17) is 27.7 Å². The van der Waals surface area contributed by atoms with E-state index in [2.05, 4.69) is 15.5 Å². The molecule has 1 aliphatic heterocycles. The highest BCUT2D eigenvalue weighted by Crippen LogP contribution is 2.31. The summed E-state index contributed by atoms with van der Waals surface area (Å²) in [5.41, 5.74) is -0.0973. The molecule has 2 heterocycles. The van der Waals surface area contributed by atoms with Gasteiger partial charge in [0.2, 0.25) is 17.6 Å². The van der Waals surface area contributed by atoms with Crippen LogP contribution in [0.15, 0.2) is 47.0 Å². The Labute approximate surface area is 197 Å². The van der Waals surface area contributed by atoms with Crippen LogP contribution in [0.25, 0.3) is 11.4 Å². The zero-order valence-corrected chi connectivity index (χ0v) is 18.7. The van der Waals surface area contributed by atoms with Gasteiger partial charge < -0.3 is 9.84 Å². The van der Waals surface area contributed by atoms with Crippen molar-refractivity contribution in [2.45, 2.75) is 25.6 Å². The number of carbonyl (C=O) groups is 1. The largest absolute Gasteiger partial charge is 0.416 e. The van der Waals surface area contributed by atoms with Crippen molar-refractivity contribution >= 4 is 34.8 Å². The third kappa shape index (κ3) is 5.85. The van der Waals surface area contributed by atoms with Crippen LogP contribution < -0.4 is 5.32 Å². The van der Waals surface area contributed by atoms with Crippen LogP contribution in [-0.2, 0) is 17.5 Å². The summed E-state index contributed by atoms with van der Waals surface area (Å²) in [5, 5.41) is 7.47. The van der Waals surface area contributed by atoms with Gasteiger partial charge in [0.05, 0.1) is 23.0 Å². The van der Waals surface area contributed by atoms with Crippen LogP contribution in [0.2, 0.25) is 10.0 Å². The van der Waals surface area contributed by atoms with E-state index < -0.39 is 11.7 Å². The summed E-state index contributed by atoms with van der Waals surface area (Å²) in [6.45, 7) is 1.49. The van der Waals surface area contributed by atoms with Crippen molar-refractivity contribution in [3.8, 4) is 11.4 Å². The molecule has 1 aliphatic rings. The lowest BCUT2D eigenvalue weighted by Crippen LogP contribution is -2.40. The van der Waals surface area contributed by atoms with E-state index in [1.165, 1.54) is 12.1 Å².